The Morgan fingerprint density at radius 3 is 2.75 bits per heavy atom. The topological polar surface area (TPSA) is 38.2 Å². The minimum Gasteiger partial charge on any atom is -0.474 e. The Balaban J connectivity index is 2.05. The van der Waals surface area contributed by atoms with Crippen molar-refractivity contribution in [3.63, 3.8) is 0 Å². The summed E-state index contributed by atoms with van der Waals surface area (Å²) in [6.07, 6.45) is 4.53. The van der Waals surface area contributed by atoms with Crippen molar-refractivity contribution >= 4 is 17.2 Å². The van der Waals surface area contributed by atoms with Crippen LogP contribution in [0.5, 0.6) is 5.88 Å². The van der Waals surface area contributed by atoms with E-state index in [-0.39, 0.29) is 6.10 Å². The summed E-state index contributed by atoms with van der Waals surface area (Å²) in [4.78, 5) is 10.9. The molecule has 1 atom stereocenters. The van der Waals surface area contributed by atoms with Crippen LogP contribution in [-0.2, 0) is 6.42 Å². The molecule has 0 amide bonds. The monoisotopic (exact) mass is 291 g/mol. The maximum absolute atomic E-state index is 5.59. The smallest absolute Gasteiger partial charge is 0.234 e. The molecule has 0 fully saturated rings. The number of hydrogen-bond acceptors (Lipinski definition) is 5. The maximum Gasteiger partial charge on any atom is 0.234 e. The van der Waals surface area contributed by atoms with Crippen LogP contribution in [0.4, 0.5) is 5.82 Å². The summed E-state index contributed by atoms with van der Waals surface area (Å²) >= 11 is 1.73. The second kappa shape index (κ2) is 6.70. The van der Waals surface area contributed by atoms with E-state index in [1.54, 1.807) is 23.7 Å². The van der Waals surface area contributed by atoms with Crippen LogP contribution in [0.15, 0.2) is 29.2 Å². The lowest BCUT2D eigenvalue weighted by atomic mass is 10.1. The molecule has 0 aromatic carbocycles. The molecular weight excluding hydrogens is 270 g/mol. The SMILES string of the molecule is CC(C)Oc1cncc(N(C)C(C)Cc2ccsc2)n1. The Kier molecular flexibility index (Phi) is 4.95. The fourth-order valence-corrected chi connectivity index (χ4v) is 2.60. The van der Waals surface area contributed by atoms with E-state index in [9.17, 15) is 0 Å². The van der Waals surface area contributed by atoms with Crippen molar-refractivity contribution < 1.29 is 4.74 Å². The Morgan fingerprint density at radius 2 is 2.10 bits per heavy atom. The fraction of sp³-hybridized carbons (Fsp3) is 0.467. The number of hydrogen-bond donors (Lipinski definition) is 0. The van der Waals surface area contributed by atoms with Crippen LogP contribution in [0, 0.1) is 0 Å². The number of anilines is 1. The quantitative estimate of drug-likeness (QED) is 0.817. The van der Waals surface area contributed by atoms with Gasteiger partial charge in [0, 0.05) is 13.1 Å². The van der Waals surface area contributed by atoms with Gasteiger partial charge in [0.25, 0.3) is 0 Å². The Bertz CT molecular complexity index is 528. The van der Waals surface area contributed by atoms with Crippen LogP contribution in [0.2, 0.25) is 0 Å². The number of likely N-dealkylation sites (N-methyl/N-ethyl adjacent to an activating group) is 1. The summed E-state index contributed by atoms with van der Waals surface area (Å²) in [6, 6.07) is 2.52. The van der Waals surface area contributed by atoms with Crippen LogP contribution in [0.3, 0.4) is 0 Å². The van der Waals surface area contributed by atoms with Crippen LogP contribution in [-0.4, -0.2) is 29.2 Å². The number of rotatable bonds is 6. The van der Waals surface area contributed by atoms with Crippen molar-refractivity contribution in [1.29, 1.82) is 0 Å². The minimum absolute atomic E-state index is 0.105. The van der Waals surface area contributed by atoms with Crippen molar-refractivity contribution in [3.05, 3.63) is 34.8 Å². The molecule has 0 bridgehead atoms. The second-order valence-corrected chi connectivity index (χ2v) is 5.96. The van der Waals surface area contributed by atoms with Crippen LogP contribution >= 0.6 is 11.3 Å². The standard InChI is InChI=1S/C15H21N3OS/c1-11(2)19-15-9-16-8-14(17-15)18(4)12(3)7-13-5-6-20-10-13/h5-6,8-12H,7H2,1-4H3. The number of thiophene rings is 1. The van der Waals surface area contributed by atoms with Crippen LogP contribution < -0.4 is 9.64 Å². The Morgan fingerprint density at radius 1 is 1.30 bits per heavy atom. The van der Waals surface area contributed by atoms with E-state index in [0.29, 0.717) is 11.9 Å². The molecule has 108 valence electrons. The summed E-state index contributed by atoms with van der Waals surface area (Å²) < 4.78 is 5.59. The van der Waals surface area contributed by atoms with E-state index >= 15 is 0 Å². The molecule has 2 rings (SSSR count). The molecule has 0 aliphatic rings. The highest BCUT2D eigenvalue weighted by atomic mass is 32.1. The third kappa shape index (κ3) is 3.93. The van der Waals surface area contributed by atoms with E-state index in [4.69, 9.17) is 4.74 Å². The first-order valence-corrected chi connectivity index (χ1v) is 7.73. The molecule has 0 saturated heterocycles. The van der Waals surface area contributed by atoms with Gasteiger partial charge in [-0.1, -0.05) is 0 Å². The van der Waals surface area contributed by atoms with Gasteiger partial charge in [-0.2, -0.15) is 16.3 Å². The minimum atomic E-state index is 0.105. The first kappa shape index (κ1) is 14.8. The lowest BCUT2D eigenvalue weighted by Gasteiger charge is -2.25. The third-order valence-corrected chi connectivity index (χ3v) is 3.82. The molecule has 20 heavy (non-hydrogen) atoms. The van der Waals surface area contributed by atoms with Crippen molar-refractivity contribution in [2.45, 2.75) is 39.3 Å². The van der Waals surface area contributed by atoms with Crippen molar-refractivity contribution in [1.82, 2.24) is 9.97 Å². The summed E-state index contributed by atoms with van der Waals surface area (Å²) in [7, 11) is 2.04. The van der Waals surface area contributed by atoms with Gasteiger partial charge < -0.3 is 9.64 Å². The largest absolute Gasteiger partial charge is 0.474 e. The van der Waals surface area contributed by atoms with Crippen molar-refractivity contribution in [2.75, 3.05) is 11.9 Å². The molecule has 2 heterocycles. The van der Waals surface area contributed by atoms with E-state index in [0.717, 1.165) is 12.2 Å². The highest BCUT2D eigenvalue weighted by molar-refractivity contribution is 7.07. The van der Waals surface area contributed by atoms with Gasteiger partial charge in [0.05, 0.1) is 18.5 Å². The molecule has 0 aliphatic heterocycles. The first-order chi connectivity index (χ1) is 9.56. The van der Waals surface area contributed by atoms with Gasteiger partial charge in [-0.15, -0.1) is 0 Å². The zero-order valence-electron chi connectivity index (χ0n) is 12.4. The average molecular weight is 291 g/mol. The average Bonchev–Trinajstić information content (AvgIpc) is 2.90. The summed E-state index contributed by atoms with van der Waals surface area (Å²) in [5, 5.41) is 4.30. The molecule has 5 heteroatoms. The highest BCUT2D eigenvalue weighted by Crippen LogP contribution is 2.18. The lowest BCUT2D eigenvalue weighted by molar-refractivity contribution is 0.231. The van der Waals surface area contributed by atoms with Gasteiger partial charge >= 0.3 is 0 Å². The van der Waals surface area contributed by atoms with Gasteiger partial charge in [0.1, 0.15) is 0 Å². The third-order valence-electron chi connectivity index (χ3n) is 3.09. The van der Waals surface area contributed by atoms with Gasteiger partial charge in [-0.25, -0.2) is 0 Å². The van der Waals surface area contributed by atoms with Crippen LogP contribution in [0.1, 0.15) is 26.3 Å². The molecular formula is C15H21N3OS. The molecule has 0 spiro atoms. The molecule has 4 nitrogen and oxygen atoms in total. The first-order valence-electron chi connectivity index (χ1n) is 6.79. The fourth-order valence-electron chi connectivity index (χ4n) is 1.92. The van der Waals surface area contributed by atoms with Gasteiger partial charge in [0.15, 0.2) is 5.82 Å². The Labute approximate surface area is 124 Å². The van der Waals surface area contributed by atoms with Crippen molar-refractivity contribution in [3.8, 4) is 5.88 Å². The Hall–Kier alpha value is -1.62. The van der Waals surface area contributed by atoms with Crippen molar-refractivity contribution in [2.24, 2.45) is 0 Å². The van der Waals surface area contributed by atoms with Gasteiger partial charge in [-0.05, 0) is 49.6 Å². The summed E-state index contributed by atoms with van der Waals surface area (Å²) in [5.74, 6) is 1.41. The predicted molar refractivity (Wildman–Crippen MR) is 83.7 cm³/mol. The zero-order chi connectivity index (χ0) is 14.5. The van der Waals surface area contributed by atoms with E-state index < -0.39 is 0 Å². The number of aromatic nitrogens is 2. The van der Waals surface area contributed by atoms with Gasteiger partial charge in [0.2, 0.25) is 5.88 Å². The van der Waals surface area contributed by atoms with Gasteiger partial charge in [-0.3, -0.25) is 4.98 Å². The van der Waals surface area contributed by atoms with Crippen LogP contribution in [0.25, 0.3) is 0 Å². The molecule has 0 radical (unpaired) electrons. The summed E-state index contributed by atoms with van der Waals surface area (Å²) in [5.41, 5.74) is 1.36. The molecule has 0 aliphatic carbocycles. The molecule has 1 unspecified atom stereocenters. The number of nitrogens with zero attached hydrogens (tertiary/aromatic N) is 3. The van der Waals surface area contributed by atoms with E-state index in [2.05, 4.69) is 38.6 Å². The molecule has 2 aromatic rings. The highest BCUT2D eigenvalue weighted by Gasteiger charge is 2.13. The normalized spacial score (nSPS) is 12.4. The molecule has 2 aromatic heterocycles. The lowest BCUT2D eigenvalue weighted by Crippen LogP contribution is -2.31. The second-order valence-electron chi connectivity index (χ2n) is 5.18. The molecule has 0 N–H and O–H groups in total. The molecule has 0 saturated carbocycles. The zero-order valence-corrected chi connectivity index (χ0v) is 13.2. The summed E-state index contributed by atoms with van der Waals surface area (Å²) in [6.45, 7) is 6.16. The van der Waals surface area contributed by atoms with E-state index in [1.807, 2.05) is 20.9 Å². The maximum atomic E-state index is 5.59. The number of ether oxygens (including phenoxy) is 1. The van der Waals surface area contributed by atoms with E-state index in [1.165, 1.54) is 5.56 Å². The predicted octanol–water partition coefficient (Wildman–Crippen LogP) is 3.39.